The zero-order valence-corrected chi connectivity index (χ0v) is 14.2. The highest BCUT2D eigenvalue weighted by atomic mass is 32.2. The van der Waals surface area contributed by atoms with Crippen molar-refractivity contribution in [1.82, 2.24) is 10.2 Å². The van der Waals surface area contributed by atoms with E-state index in [1.165, 1.54) is 43.8 Å². The van der Waals surface area contributed by atoms with Gasteiger partial charge in [-0.1, -0.05) is 44.2 Å². The predicted octanol–water partition coefficient (Wildman–Crippen LogP) is 3.13. The van der Waals surface area contributed by atoms with Crippen molar-refractivity contribution in [2.45, 2.75) is 43.4 Å². The van der Waals surface area contributed by atoms with Crippen molar-refractivity contribution in [2.75, 3.05) is 31.9 Å². The van der Waals surface area contributed by atoms with Gasteiger partial charge in [-0.25, -0.2) is 0 Å². The lowest BCUT2D eigenvalue weighted by Gasteiger charge is -2.39. The summed E-state index contributed by atoms with van der Waals surface area (Å²) in [5, 5.41) is 4.54. The minimum atomic E-state index is 0.214. The number of rotatable bonds is 6. The van der Waals surface area contributed by atoms with Crippen molar-refractivity contribution in [3.05, 3.63) is 35.9 Å². The molecular formula is C18H28N2S. The molecule has 0 bridgehead atoms. The fraction of sp³-hybridized carbons (Fsp3) is 0.667. The van der Waals surface area contributed by atoms with Crippen molar-refractivity contribution in [3.8, 4) is 0 Å². The maximum absolute atomic E-state index is 3.76. The van der Waals surface area contributed by atoms with Gasteiger partial charge in [-0.2, -0.15) is 11.8 Å². The molecule has 2 fully saturated rings. The average Bonchev–Trinajstić information content (AvgIpc) is 3.30. The Morgan fingerprint density at radius 1 is 1.29 bits per heavy atom. The lowest BCUT2D eigenvalue weighted by molar-refractivity contribution is 0.218. The van der Waals surface area contributed by atoms with Gasteiger partial charge in [0.25, 0.3) is 0 Å². The summed E-state index contributed by atoms with van der Waals surface area (Å²) in [6, 6.07) is 11.9. The molecule has 2 unspecified atom stereocenters. The van der Waals surface area contributed by atoms with Gasteiger partial charge in [0.2, 0.25) is 0 Å². The van der Waals surface area contributed by atoms with Crippen molar-refractivity contribution < 1.29 is 0 Å². The Labute approximate surface area is 133 Å². The summed E-state index contributed by atoms with van der Waals surface area (Å²) < 4.78 is 0. The molecule has 0 radical (unpaired) electrons. The van der Waals surface area contributed by atoms with Crippen molar-refractivity contribution in [2.24, 2.45) is 0 Å². The van der Waals surface area contributed by atoms with Crippen LogP contribution in [0.1, 0.15) is 32.3 Å². The molecule has 0 amide bonds. The van der Waals surface area contributed by atoms with E-state index in [0.717, 1.165) is 17.8 Å². The summed E-state index contributed by atoms with van der Waals surface area (Å²) in [5.41, 5.74) is 1.69. The van der Waals surface area contributed by atoms with Crippen LogP contribution >= 0.6 is 11.8 Å². The molecule has 3 heteroatoms. The molecule has 1 aliphatic heterocycles. The van der Waals surface area contributed by atoms with E-state index in [2.05, 4.69) is 66.2 Å². The summed E-state index contributed by atoms with van der Waals surface area (Å²) in [6.45, 7) is 9.53. The molecule has 0 aromatic heterocycles. The summed E-state index contributed by atoms with van der Waals surface area (Å²) in [6.07, 6.45) is 2.73. The lowest BCUT2D eigenvalue weighted by Crippen LogP contribution is -2.49. The van der Waals surface area contributed by atoms with E-state index in [9.17, 15) is 0 Å². The first kappa shape index (κ1) is 15.4. The Kier molecular flexibility index (Phi) is 4.92. The van der Waals surface area contributed by atoms with Gasteiger partial charge in [0.1, 0.15) is 0 Å². The highest BCUT2D eigenvalue weighted by Crippen LogP contribution is 2.29. The first-order valence-corrected chi connectivity index (χ1v) is 9.33. The molecule has 1 aromatic rings. The molecule has 3 rings (SSSR count). The molecule has 1 N–H and O–H groups in total. The van der Waals surface area contributed by atoms with E-state index in [1.807, 2.05) is 0 Å². The number of hydrogen-bond donors (Lipinski definition) is 1. The second kappa shape index (κ2) is 6.72. The Morgan fingerprint density at radius 3 is 2.71 bits per heavy atom. The molecule has 0 spiro atoms. The normalized spacial score (nSPS) is 26.5. The molecule has 1 saturated heterocycles. The van der Waals surface area contributed by atoms with E-state index in [1.54, 1.807) is 0 Å². The molecule has 21 heavy (non-hydrogen) atoms. The molecule has 116 valence electrons. The van der Waals surface area contributed by atoms with Gasteiger partial charge in [0.15, 0.2) is 0 Å². The van der Waals surface area contributed by atoms with Gasteiger partial charge in [0.05, 0.1) is 0 Å². The minimum Gasteiger partial charge on any atom is -0.313 e. The Bertz CT molecular complexity index is 446. The van der Waals surface area contributed by atoms with E-state index in [-0.39, 0.29) is 5.41 Å². The zero-order chi connectivity index (χ0) is 14.7. The number of thioether (sulfide) groups is 1. The smallest absolute Gasteiger partial charge is 0.0177 e. The van der Waals surface area contributed by atoms with Crippen LogP contribution in [0, 0.1) is 0 Å². The van der Waals surface area contributed by atoms with E-state index in [4.69, 9.17) is 0 Å². The maximum atomic E-state index is 3.76. The molecular weight excluding hydrogens is 276 g/mol. The maximum Gasteiger partial charge on any atom is 0.0177 e. The van der Waals surface area contributed by atoms with Crippen LogP contribution in [-0.2, 0) is 5.41 Å². The van der Waals surface area contributed by atoms with Crippen molar-refractivity contribution in [1.29, 1.82) is 0 Å². The third-order valence-corrected chi connectivity index (χ3v) is 5.86. The van der Waals surface area contributed by atoms with Gasteiger partial charge >= 0.3 is 0 Å². The summed E-state index contributed by atoms with van der Waals surface area (Å²) in [7, 11) is 0. The Morgan fingerprint density at radius 2 is 2.05 bits per heavy atom. The minimum absolute atomic E-state index is 0.214. The SMILES string of the molecule is CC1CN(CC(C)(CNC2CC2)c2ccccc2)CCS1. The van der Waals surface area contributed by atoms with Crippen molar-refractivity contribution >= 4 is 11.8 Å². The summed E-state index contributed by atoms with van der Waals surface area (Å²) >= 11 is 2.11. The zero-order valence-electron chi connectivity index (χ0n) is 13.3. The van der Waals surface area contributed by atoms with Crippen LogP contribution < -0.4 is 5.32 Å². The van der Waals surface area contributed by atoms with Gasteiger partial charge < -0.3 is 10.2 Å². The number of nitrogens with one attached hydrogen (secondary N) is 1. The third-order valence-electron chi connectivity index (χ3n) is 4.73. The molecule has 2 atom stereocenters. The second-order valence-electron chi connectivity index (χ2n) is 7.00. The van der Waals surface area contributed by atoms with Crippen LogP contribution in [0.4, 0.5) is 0 Å². The Balaban J connectivity index is 1.71. The van der Waals surface area contributed by atoms with Gasteiger partial charge in [0, 0.05) is 48.6 Å². The Hall–Kier alpha value is -0.510. The van der Waals surface area contributed by atoms with E-state index in [0.29, 0.717) is 0 Å². The monoisotopic (exact) mass is 304 g/mol. The molecule has 1 heterocycles. The average molecular weight is 305 g/mol. The molecule has 2 nitrogen and oxygen atoms in total. The van der Waals surface area contributed by atoms with Crippen LogP contribution in [0.3, 0.4) is 0 Å². The standard InChI is InChI=1S/C18H28N2S/c1-15-12-20(10-11-21-15)14-18(2,13-19-17-8-9-17)16-6-4-3-5-7-16/h3-7,15,17,19H,8-14H2,1-2H3. The lowest BCUT2D eigenvalue weighted by atomic mass is 9.81. The highest BCUT2D eigenvalue weighted by molar-refractivity contribution is 7.99. The van der Waals surface area contributed by atoms with E-state index < -0.39 is 0 Å². The van der Waals surface area contributed by atoms with Gasteiger partial charge in [-0.3, -0.25) is 0 Å². The van der Waals surface area contributed by atoms with Crippen LogP contribution in [0.2, 0.25) is 0 Å². The first-order valence-electron chi connectivity index (χ1n) is 8.29. The molecule has 2 aliphatic rings. The van der Waals surface area contributed by atoms with Crippen LogP contribution in [-0.4, -0.2) is 48.1 Å². The molecule has 1 aliphatic carbocycles. The fourth-order valence-corrected chi connectivity index (χ4v) is 4.36. The van der Waals surface area contributed by atoms with Gasteiger partial charge in [-0.05, 0) is 18.4 Å². The van der Waals surface area contributed by atoms with Crippen molar-refractivity contribution in [3.63, 3.8) is 0 Å². The van der Waals surface area contributed by atoms with Crippen LogP contribution in [0.5, 0.6) is 0 Å². The number of hydrogen-bond acceptors (Lipinski definition) is 3. The molecule has 1 saturated carbocycles. The largest absolute Gasteiger partial charge is 0.313 e. The van der Waals surface area contributed by atoms with E-state index >= 15 is 0 Å². The number of nitrogens with zero attached hydrogens (tertiary/aromatic N) is 1. The van der Waals surface area contributed by atoms with Crippen LogP contribution in [0.25, 0.3) is 0 Å². The summed E-state index contributed by atoms with van der Waals surface area (Å²) in [4.78, 5) is 2.67. The number of benzene rings is 1. The highest BCUT2D eigenvalue weighted by Gasteiger charge is 2.33. The topological polar surface area (TPSA) is 15.3 Å². The fourth-order valence-electron chi connectivity index (χ4n) is 3.27. The first-order chi connectivity index (χ1) is 10.2. The second-order valence-corrected chi connectivity index (χ2v) is 8.54. The summed E-state index contributed by atoms with van der Waals surface area (Å²) in [5.74, 6) is 1.28. The van der Waals surface area contributed by atoms with Crippen LogP contribution in [0.15, 0.2) is 30.3 Å². The quantitative estimate of drug-likeness (QED) is 0.869. The molecule has 1 aromatic carbocycles. The van der Waals surface area contributed by atoms with Gasteiger partial charge in [-0.15, -0.1) is 0 Å². The predicted molar refractivity (Wildman–Crippen MR) is 93.2 cm³/mol. The third kappa shape index (κ3) is 4.24.